The third-order valence-corrected chi connectivity index (χ3v) is 3.48. The van der Waals surface area contributed by atoms with Gasteiger partial charge in [-0.1, -0.05) is 20.8 Å². The van der Waals surface area contributed by atoms with Crippen LogP contribution in [0.15, 0.2) is 0 Å². The second-order valence-electron chi connectivity index (χ2n) is 5.51. The summed E-state index contributed by atoms with van der Waals surface area (Å²) in [6.07, 6.45) is 3.76. The van der Waals surface area contributed by atoms with Gasteiger partial charge in [-0.05, 0) is 30.6 Å². The van der Waals surface area contributed by atoms with E-state index in [2.05, 4.69) is 25.9 Å². The minimum Gasteiger partial charge on any atom is -0.384 e. The molecule has 0 unspecified atom stereocenters. The first kappa shape index (κ1) is 10.5. The minimum atomic E-state index is 0.469. The number of rotatable bonds is 3. The third-order valence-electron chi connectivity index (χ3n) is 3.48. The predicted molar refractivity (Wildman–Crippen MR) is 62.8 cm³/mol. The summed E-state index contributed by atoms with van der Waals surface area (Å²) in [7, 11) is 1.93. The summed E-state index contributed by atoms with van der Waals surface area (Å²) in [4.78, 5) is 0. The minimum absolute atomic E-state index is 0.469. The first-order chi connectivity index (χ1) is 6.93. The van der Waals surface area contributed by atoms with Crippen LogP contribution in [0.5, 0.6) is 0 Å². The summed E-state index contributed by atoms with van der Waals surface area (Å²) >= 11 is 0. The van der Waals surface area contributed by atoms with Crippen molar-refractivity contribution in [1.82, 2.24) is 9.78 Å². The van der Waals surface area contributed by atoms with Crippen LogP contribution in [0, 0.1) is 5.41 Å². The second kappa shape index (κ2) is 3.26. The summed E-state index contributed by atoms with van der Waals surface area (Å²) in [5.74, 6) is 1.31. The number of nitrogens with two attached hydrogens (primary N) is 1. The Balaban J connectivity index is 2.33. The van der Waals surface area contributed by atoms with Crippen LogP contribution in [-0.2, 0) is 13.5 Å². The Morgan fingerprint density at radius 1 is 1.47 bits per heavy atom. The Bertz CT molecular complexity index is 372. The number of hydrogen-bond donors (Lipinski definition) is 1. The van der Waals surface area contributed by atoms with Gasteiger partial charge in [-0.25, -0.2) is 0 Å². The lowest BCUT2D eigenvalue weighted by atomic mass is 9.95. The van der Waals surface area contributed by atoms with Crippen molar-refractivity contribution in [3.05, 3.63) is 11.3 Å². The zero-order valence-corrected chi connectivity index (χ0v) is 10.2. The van der Waals surface area contributed by atoms with Gasteiger partial charge in [0.15, 0.2) is 0 Å². The molecule has 2 N–H and O–H groups in total. The number of nitrogen functional groups attached to an aromatic ring is 1. The average Bonchev–Trinajstić information content (AvgIpc) is 2.75. The highest BCUT2D eigenvalue weighted by Crippen LogP contribution is 2.48. The van der Waals surface area contributed by atoms with E-state index < -0.39 is 0 Å². The maximum Gasteiger partial charge on any atom is 0.125 e. The number of anilines is 1. The van der Waals surface area contributed by atoms with Crippen molar-refractivity contribution >= 4 is 5.82 Å². The van der Waals surface area contributed by atoms with Gasteiger partial charge in [-0.15, -0.1) is 0 Å². The van der Waals surface area contributed by atoms with E-state index in [0.29, 0.717) is 11.3 Å². The van der Waals surface area contributed by atoms with Gasteiger partial charge >= 0.3 is 0 Å². The maximum absolute atomic E-state index is 6.04. The van der Waals surface area contributed by atoms with Gasteiger partial charge in [0.05, 0.1) is 5.69 Å². The molecule has 15 heavy (non-hydrogen) atoms. The molecule has 1 aromatic heterocycles. The molecule has 3 heteroatoms. The molecule has 0 atom stereocenters. The van der Waals surface area contributed by atoms with Crippen LogP contribution >= 0.6 is 0 Å². The van der Waals surface area contributed by atoms with Gasteiger partial charge in [-0.2, -0.15) is 5.10 Å². The predicted octanol–water partition coefficient (Wildman–Crippen LogP) is 2.47. The van der Waals surface area contributed by atoms with Gasteiger partial charge < -0.3 is 5.73 Å². The smallest absolute Gasteiger partial charge is 0.125 e. The van der Waals surface area contributed by atoms with Crippen LogP contribution in [0.1, 0.15) is 50.8 Å². The second-order valence-corrected chi connectivity index (χ2v) is 5.51. The Morgan fingerprint density at radius 2 is 2.07 bits per heavy atom. The lowest BCUT2D eigenvalue weighted by Crippen LogP contribution is -2.04. The first-order valence-electron chi connectivity index (χ1n) is 5.74. The molecule has 0 saturated heterocycles. The summed E-state index contributed by atoms with van der Waals surface area (Å²) in [6, 6.07) is 0. The number of hydrogen-bond acceptors (Lipinski definition) is 2. The Hall–Kier alpha value is -0.990. The van der Waals surface area contributed by atoms with Crippen LogP contribution < -0.4 is 5.73 Å². The molecular formula is C12H21N3. The number of nitrogens with zero attached hydrogens (tertiary/aromatic N) is 2. The van der Waals surface area contributed by atoms with Crippen molar-refractivity contribution in [3.8, 4) is 0 Å². The largest absolute Gasteiger partial charge is 0.384 e. The molecule has 2 rings (SSSR count). The number of aromatic nitrogens is 2. The van der Waals surface area contributed by atoms with E-state index in [9.17, 15) is 0 Å². The van der Waals surface area contributed by atoms with E-state index in [1.165, 1.54) is 24.1 Å². The molecule has 1 fully saturated rings. The Labute approximate surface area is 91.7 Å². The number of aryl methyl sites for hydroxylation is 1. The highest BCUT2D eigenvalue weighted by molar-refractivity contribution is 5.46. The highest BCUT2D eigenvalue weighted by Gasteiger charge is 2.39. The van der Waals surface area contributed by atoms with Crippen LogP contribution in [0.3, 0.4) is 0 Å². The summed E-state index contributed by atoms with van der Waals surface area (Å²) in [5.41, 5.74) is 9.02. The molecule has 0 bridgehead atoms. The Kier molecular flexibility index (Phi) is 2.28. The van der Waals surface area contributed by atoms with Crippen molar-refractivity contribution in [2.75, 3.05) is 5.73 Å². The van der Waals surface area contributed by atoms with Crippen LogP contribution in [0.2, 0.25) is 0 Å². The molecular weight excluding hydrogens is 186 g/mol. The van der Waals surface area contributed by atoms with Crippen molar-refractivity contribution in [1.29, 1.82) is 0 Å². The van der Waals surface area contributed by atoms with Gasteiger partial charge in [0.1, 0.15) is 5.82 Å². The average molecular weight is 207 g/mol. The van der Waals surface area contributed by atoms with Crippen molar-refractivity contribution in [3.63, 3.8) is 0 Å². The zero-order valence-electron chi connectivity index (χ0n) is 10.2. The quantitative estimate of drug-likeness (QED) is 0.827. The van der Waals surface area contributed by atoms with E-state index >= 15 is 0 Å². The summed E-state index contributed by atoms with van der Waals surface area (Å²) < 4.78 is 1.82. The molecule has 0 aromatic carbocycles. The van der Waals surface area contributed by atoms with Gasteiger partial charge in [0.2, 0.25) is 0 Å². The molecule has 0 spiro atoms. The lowest BCUT2D eigenvalue weighted by molar-refractivity contribution is 0.549. The zero-order chi connectivity index (χ0) is 11.2. The first-order valence-corrected chi connectivity index (χ1v) is 5.74. The molecule has 1 aliphatic rings. The van der Waals surface area contributed by atoms with E-state index in [0.717, 1.165) is 12.2 Å². The van der Waals surface area contributed by atoms with Crippen molar-refractivity contribution < 1.29 is 0 Å². The van der Waals surface area contributed by atoms with Crippen LogP contribution in [0.4, 0.5) is 5.82 Å². The van der Waals surface area contributed by atoms with Crippen molar-refractivity contribution in [2.45, 2.75) is 46.0 Å². The topological polar surface area (TPSA) is 43.8 Å². The van der Waals surface area contributed by atoms with Crippen LogP contribution in [-0.4, -0.2) is 9.78 Å². The maximum atomic E-state index is 6.04. The van der Waals surface area contributed by atoms with E-state index in [1.807, 2.05) is 11.7 Å². The van der Waals surface area contributed by atoms with E-state index in [4.69, 9.17) is 5.73 Å². The standard InChI is InChI=1S/C12H21N3/c1-8(2)10-9(7-12(3)5-6-12)14-15(4)11(10)13/h8H,5-7,13H2,1-4H3. The molecule has 1 aromatic rings. The Morgan fingerprint density at radius 3 is 2.53 bits per heavy atom. The van der Waals surface area contributed by atoms with Gasteiger partial charge in [-0.3, -0.25) is 4.68 Å². The van der Waals surface area contributed by atoms with E-state index in [1.54, 1.807) is 0 Å². The van der Waals surface area contributed by atoms with E-state index in [-0.39, 0.29) is 0 Å². The molecule has 0 aliphatic heterocycles. The monoisotopic (exact) mass is 207 g/mol. The molecule has 1 aliphatic carbocycles. The summed E-state index contributed by atoms with van der Waals surface area (Å²) in [6.45, 7) is 6.71. The molecule has 84 valence electrons. The summed E-state index contributed by atoms with van der Waals surface area (Å²) in [5, 5.41) is 4.55. The fourth-order valence-electron chi connectivity index (χ4n) is 2.16. The third kappa shape index (κ3) is 1.87. The molecule has 3 nitrogen and oxygen atoms in total. The molecule has 0 radical (unpaired) electrons. The van der Waals surface area contributed by atoms with Gasteiger partial charge in [0, 0.05) is 12.6 Å². The lowest BCUT2D eigenvalue weighted by Gasteiger charge is -2.10. The highest BCUT2D eigenvalue weighted by atomic mass is 15.3. The normalized spacial score (nSPS) is 18.5. The SMILES string of the molecule is CC(C)c1c(CC2(C)CC2)nn(C)c1N. The molecule has 1 heterocycles. The fourth-order valence-corrected chi connectivity index (χ4v) is 2.16. The molecule has 1 saturated carbocycles. The molecule has 0 amide bonds. The van der Waals surface area contributed by atoms with Gasteiger partial charge in [0.25, 0.3) is 0 Å². The van der Waals surface area contributed by atoms with Crippen LogP contribution in [0.25, 0.3) is 0 Å². The fraction of sp³-hybridized carbons (Fsp3) is 0.750. The van der Waals surface area contributed by atoms with Crippen molar-refractivity contribution in [2.24, 2.45) is 12.5 Å².